The Morgan fingerprint density at radius 2 is 2.25 bits per heavy atom. The third-order valence-electron chi connectivity index (χ3n) is 2.41. The molecule has 0 saturated heterocycles. The van der Waals surface area contributed by atoms with Crippen LogP contribution in [0.3, 0.4) is 0 Å². The van der Waals surface area contributed by atoms with Crippen molar-refractivity contribution in [1.29, 1.82) is 0 Å². The van der Waals surface area contributed by atoms with Crippen molar-refractivity contribution in [2.75, 3.05) is 4.72 Å². The Bertz CT molecular complexity index is 718. The minimum absolute atomic E-state index is 0.0552. The first kappa shape index (κ1) is 14.1. The molecular formula is C10H13N5O4S. The number of carboxylic acids is 1. The van der Waals surface area contributed by atoms with Gasteiger partial charge in [-0.15, -0.1) is 0 Å². The minimum Gasteiger partial charge on any atom is -0.480 e. The number of hydrogen-bond donors (Lipinski definition) is 3. The van der Waals surface area contributed by atoms with Gasteiger partial charge in [-0.1, -0.05) is 6.92 Å². The smallest absolute Gasteiger partial charge is 0.325 e. The summed E-state index contributed by atoms with van der Waals surface area (Å²) in [7, 11) is -3.79. The number of aliphatic carboxylic acids is 1. The van der Waals surface area contributed by atoms with Crippen LogP contribution in [0.4, 0.5) is 5.69 Å². The van der Waals surface area contributed by atoms with Gasteiger partial charge in [-0.25, -0.2) is 4.98 Å². The first-order chi connectivity index (χ1) is 9.40. The topological polar surface area (TPSA) is 130 Å². The van der Waals surface area contributed by atoms with Crippen LogP contribution < -0.4 is 4.72 Å². The molecule has 20 heavy (non-hydrogen) atoms. The van der Waals surface area contributed by atoms with Crippen LogP contribution in [0.1, 0.15) is 12.7 Å². The number of carboxylic acid groups (broad SMARTS) is 1. The Hall–Kier alpha value is -2.36. The highest BCUT2D eigenvalue weighted by Crippen LogP contribution is 2.13. The first-order valence-electron chi connectivity index (χ1n) is 5.71. The van der Waals surface area contributed by atoms with Crippen molar-refractivity contribution >= 4 is 21.7 Å². The average molecular weight is 299 g/mol. The average Bonchev–Trinajstić information content (AvgIpc) is 2.97. The molecule has 0 aliphatic rings. The Balaban J connectivity index is 2.15. The lowest BCUT2D eigenvalue weighted by Gasteiger charge is -2.02. The van der Waals surface area contributed by atoms with Gasteiger partial charge in [-0.3, -0.25) is 14.2 Å². The fourth-order valence-electron chi connectivity index (χ4n) is 1.51. The van der Waals surface area contributed by atoms with Crippen molar-refractivity contribution in [3.8, 4) is 0 Å². The van der Waals surface area contributed by atoms with Crippen LogP contribution in [-0.2, 0) is 27.8 Å². The van der Waals surface area contributed by atoms with Gasteiger partial charge in [0.05, 0.1) is 18.1 Å². The molecular weight excluding hydrogens is 286 g/mol. The quantitative estimate of drug-likeness (QED) is 0.691. The van der Waals surface area contributed by atoms with Gasteiger partial charge in [0.25, 0.3) is 10.0 Å². The van der Waals surface area contributed by atoms with E-state index in [1.165, 1.54) is 18.6 Å². The van der Waals surface area contributed by atoms with E-state index in [4.69, 9.17) is 5.11 Å². The molecule has 0 atom stereocenters. The molecule has 0 radical (unpaired) electrons. The van der Waals surface area contributed by atoms with Gasteiger partial charge >= 0.3 is 5.97 Å². The van der Waals surface area contributed by atoms with Crippen molar-refractivity contribution in [2.45, 2.75) is 24.9 Å². The van der Waals surface area contributed by atoms with Crippen LogP contribution >= 0.6 is 0 Å². The standard InChI is InChI=1S/C10H13N5O4S/c1-2-8-11-4-9(13-8)20(18,19)14-7-3-12-15(5-7)6-10(16)17/h3-5,14H,2,6H2,1H3,(H,11,13)(H,16,17). The van der Waals surface area contributed by atoms with Gasteiger partial charge in [-0.05, 0) is 0 Å². The number of sulfonamides is 1. The van der Waals surface area contributed by atoms with Crippen molar-refractivity contribution in [2.24, 2.45) is 0 Å². The number of nitrogens with zero attached hydrogens (tertiary/aromatic N) is 3. The summed E-state index contributed by atoms with van der Waals surface area (Å²) in [4.78, 5) is 17.1. The van der Waals surface area contributed by atoms with Gasteiger partial charge in [0.2, 0.25) is 0 Å². The summed E-state index contributed by atoms with van der Waals surface area (Å²) >= 11 is 0. The zero-order valence-corrected chi connectivity index (χ0v) is 11.4. The molecule has 0 fully saturated rings. The predicted molar refractivity (Wildman–Crippen MR) is 68.6 cm³/mol. The van der Waals surface area contributed by atoms with Crippen LogP contribution in [0.5, 0.6) is 0 Å². The van der Waals surface area contributed by atoms with Gasteiger partial charge in [0, 0.05) is 12.6 Å². The van der Waals surface area contributed by atoms with Gasteiger partial charge in [0.1, 0.15) is 12.4 Å². The number of H-pyrrole nitrogens is 1. The van der Waals surface area contributed by atoms with Crippen LogP contribution in [0, 0.1) is 0 Å². The molecule has 2 aromatic rings. The van der Waals surface area contributed by atoms with Crippen molar-refractivity contribution in [3.05, 3.63) is 24.4 Å². The molecule has 0 saturated carbocycles. The molecule has 2 heterocycles. The lowest BCUT2D eigenvalue weighted by Crippen LogP contribution is -2.13. The molecule has 0 spiro atoms. The third kappa shape index (κ3) is 3.15. The fraction of sp³-hybridized carbons (Fsp3) is 0.300. The number of anilines is 1. The number of aromatic nitrogens is 4. The second-order valence-corrected chi connectivity index (χ2v) is 5.62. The van der Waals surface area contributed by atoms with Gasteiger partial charge in [-0.2, -0.15) is 13.5 Å². The summed E-state index contributed by atoms with van der Waals surface area (Å²) in [6.45, 7) is 1.50. The summed E-state index contributed by atoms with van der Waals surface area (Å²) in [6.07, 6.45) is 4.34. The number of aryl methyl sites for hydroxylation is 1. The van der Waals surface area contributed by atoms with Gasteiger partial charge in [0.15, 0.2) is 5.03 Å². The van der Waals surface area contributed by atoms with Crippen molar-refractivity contribution < 1.29 is 18.3 Å². The number of nitrogens with one attached hydrogen (secondary N) is 2. The summed E-state index contributed by atoms with van der Waals surface area (Å²) in [5.74, 6) is -0.504. The first-order valence-corrected chi connectivity index (χ1v) is 7.20. The predicted octanol–water partition coefficient (Wildman–Crippen LogP) is 0.0540. The number of aromatic amines is 1. The van der Waals surface area contributed by atoms with Crippen LogP contribution in [0.2, 0.25) is 0 Å². The monoisotopic (exact) mass is 299 g/mol. The molecule has 2 aromatic heterocycles. The molecule has 9 nitrogen and oxygen atoms in total. The summed E-state index contributed by atoms with van der Waals surface area (Å²) < 4.78 is 27.5. The van der Waals surface area contributed by atoms with E-state index in [-0.39, 0.29) is 17.3 Å². The second-order valence-electron chi connectivity index (χ2n) is 3.97. The number of rotatable bonds is 6. The van der Waals surface area contributed by atoms with Crippen LogP contribution in [0.25, 0.3) is 0 Å². The van der Waals surface area contributed by atoms with E-state index in [0.29, 0.717) is 12.2 Å². The molecule has 108 valence electrons. The summed E-state index contributed by atoms with van der Waals surface area (Å²) in [5, 5.41) is 12.3. The third-order valence-corrected chi connectivity index (χ3v) is 3.70. The molecule has 0 bridgehead atoms. The second kappa shape index (κ2) is 5.33. The summed E-state index contributed by atoms with van der Waals surface area (Å²) in [6, 6.07) is 0. The fourth-order valence-corrected chi connectivity index (χ4v) is 2.48. The maximum absolute atomic E-state index is 12.0. The lowest BCUT2D eigenvalue weighted by atomic mass is 10.5. The Labute approximate surface area is 114 Å². The molecule has 0 aliphatic carbocycles. The van der Waals surface area contributed by atoms with E-state index in [1.54, 1.807) is 0 Å². The Morgan fingerprint density at radius 3 is 2.85 bits per heavy atom. The highest BCUT2D eigenvalue weighted by Gasteiger charge is 2.18. The van der Waals surface area contributed by atoms with Crippen LogP contribution in [0.15, 0.2) is 23.6 Å². The van der Waals surface area contributed by atoms with E-state index in [1.807, 2.05) is 6.92 Å². The molecule has 3 N–H and O–H groups in total. The number of hydrogen-bond acceptors (Lipinski definition) is 5. The molecule has 2 rings (SSSR count). The molecule has 0 amide bonds. The van der Waals surface area contributed by atoms with Crippen molar-refractivity contribution in [3.63, 3.8) is 0 Å². The number of carbonyl (C=O) groups is 1. The summed E-state index contributed by atoms with van der Waals surface area (Å²) in [5.41, 5.74) is 0.180. The van der Waals surface area contributed by atoms with E-state index < -0.39 is 16.0 Å². The molecule has 0 unspecified atom stereocenters. The molecule has 0 aromatic carbocycles. The normalized spacial score (nSPS) is 11.4. The minimum atomic E-state index is -3.79. The zero-order chi connectivity index (χ0) is 14.8. The Kier molecular flexibility index (Phi) is 3.74. The lowest BCUT2D eigenvalue weighted by molar-refractivity contribution is -0.137. The zero-order valence-electron chi connectivity index (χ0n) is 10.6. The maximum Gasteiger partial charge on any atom is 0.325 e. The SMILES string of the molecule is CCc1ncc(S(=O)(=O)Nc2cnn(CC(=O)O)c2)[nH]1. The number of imidazole rings is 1. The van der Waals surface area contributed by atoms with Crippen LogP contribution in [-0.4, -0.2) is 39.2 Å². The van der Waals surface area contributed by atoms with Gasteiger partial charge < -0.3 is 10.1 Å². The Morgan fingerprint density at radius 1 is 1.50 bits per heavy atom. The highest BCUT2D eigenvalue weighted by molar-refractivity contribution is 7.92. The van der Waals surface area contributed by atoms with E-state index in [0.717, 1.165) is 4.68 Å². The van der Waals surface area contributed by atoms with Crippen molar-refractivity contribution in [1.82, 2.24) is 19.7 Å². The van der Waals surface area contributed by atoms with E-state index in [2.05, 4.69) is 19.8 Å². The largest absolute Gasteiger partial charge is 0.480 e. The molecule has 10 heteroatoms. The molecule has 0 aliphatic heterocycles. The van der Waals surface area contributed by atoms with E-state index >= 15 is 0 Å². The highest BCUT2D eigenvalue weighted by atomic mass is 32.2. The maximum atomic E-state index is 12.0. The van der Waals surface area contributed by atoms with E-state index in [9.17, 15) is 13.2 Å².